The van der Waals surface area contributed by atoms with Crippen molar-refractivity contribution in [3.63, 3.8) is 0 Å². The van der Waals surface area contributed by atoms with E-state index >= 15 is 0 Å². The number of aromatic nitrogens is 3. The molecule has 43 heavy (non-hydrogen) atoms. The molecule has 4 N–H and O–H groups in total. The van der Waals surface area contributed by atoms with Crippen LogP contribution in [0.25, 0.3) is 5.65 Å². The van der Waals surface area contributed by atoms with E-state index in [4.69, 9.17) is 0 Å². The summed E-state index contributed by atoms with van der Waals surface area (Å²) in [7, 11) is 0. The van der Waals surface area contributed by atoms with Gasteiger partial charge in [0.05, 0.1) is 23.3 Å². The first-order valence-electron chi connectivity index (χ1n) is 14.0. The van der Waals surface area contributed by atoms with Gasteiger partial charge in [-0.1, -0.05) is 18.2 Å². The third-order valence-electron chi connectivity index (χ3n) is 8.09. The maximum Gasteiger partial charge on any atom is 0.274 e. The van der Waals surface area contributed by atoms with E-state index in [1.807, 2.05) is 39.0 Å². The molecule has 10 heteroatoms. The number of nitrogens with zero attached hydrogens (tertiary/aromatic N) is 2. The van der Waals surface area contributed by atoms with E-state index in [1.54, 1.807) is 47.9 Å². The second kappa shape index (κ2) is 10.9. The van der Waals surface area contributed by atoms with Gasteiger partial charge in [0.1, 0.15) is 17.2 Å². The molecule has 2 atom stereocenters. The summed E-state index contributed by atoms with van der Waals surface area (Å²) in [6.07, 6.45) is 2.16. The SMILES string of the molecule is Cc1nc2ccccn2c1C(=O)Nc1c(C)[nH]c(CC2C(=O)Nc3ccc(C(=O)NC(C)c4ccc(F)cc4)cc32)c1C. The van der Waals surface area contributed by atoms with Crippen molar-refractivity contribution in [3.8, 4) is 0 Å². The number of hydrogen-bond acceptors (Lipinski definition) is 4. The lowest BCUT2D eigenvalue weighted by Crippen LogP contribution is -2.26. The number of rotatable bonds is 7. The molecule has 0 spiro atoms. The summed E-state index contributed by atoms with van der Waals surface area (Å²) in [5.41, 5.74) is 7.45. The molecule has 9 nitrogen and oxygen atoms in total. The molecule has 2 unspecified atom stereocenters. The van der Waals surface area contributed by atoms with Gasteiger partial charge in [-0.25, -0.2) is 9.37 Å². The standard InChI is InChI=1S/C33H31FN6O3/c1-17-27(35-19(3)29(17)39-33(43)30-20(4)36-28-7-5-6-14-40(28)30)16-25-24-15-22(10-13-26(24)38-32(25)42)31(41)37-18(2)21-8-11-23(34)12-9-21/h5-15,18,25,35H,16H2,1-4H3,(H,37,41)(H,38,42)(H,39,43). The molecule has 3 aromatic heterocycles. The number of amides is 3. The summed E-state index contributed by atoms with van der Waals surface area (Å²) >= 11 is 0. The minimum Gasteiger partial charge on any atom is -0.360 e. The average Bonchev–Trinajstić information content (AvgIpc) is 3.58. The van der Waals surface area contributed by atoms with E-state index in [0.717, 1.165) is 28.1 Å². The molecule has 4 heterocycles. The van der Waals surface area contributed by atoms with Gasteiger partial charge in [-0.2, -0.15) is 0 Å². The van der Waals surface area contributed by atoms with E-state index < -0.39 is 5.92 Å². The Labute approximate surface area is 247 Å². The van der Waals surface area contributed by atoms with Crippen LogP contribution >= 0.6 is 0 Å². The first-order chi connectivity index (χ1) is 20.6. The fourth-order valence-electron chi connectivity index (χ4n) is 5.75. The second-order valence-corrected chi connectivity index (χ2v) is 11.0. The van der Waals surface area contributed by atoms with E-state index in [2.05, 4.69) is 25.9 Å². The third-order valence-corrected chi connectivity index (χ3v) is 8.09. The Bertz CT molecular complexity index is 1910. The van der Waals surface area contributed by atoms with Crippen LogP contribution in [0.5, 0.6) is 0 Å². The fraction of sp³-hybridized carbons (Fsp3) is 0.212. The number of nitrogens with one attached hydrogen (secondary N) is 4. The van der Waals surface area contributed by atoms with Crippen molar-refractivity contribution >= 4 is 34.7 Å². The monoisotopic (exact) mass is 578 g/mol. The number of aryl methyl sites for hydroxylation is 2. The van der Waals surface area contributed by atoms with Crippen molar-refractivity contribution in [3.05, 3.63) is 118 Å². The zero-order valence-corrected chi connectivity index (χ0v) is 24.2. The van der Waals surface area contributed by atoms with Crippen molar-refractivity contribution in [2.24, 2.45) is 0 Å². The summed E-state index contributed by atoms with van der Waals surface area (Å²) in [6.45, 7) is 7.42. The first-order valence-corrected chi connectivity index (χ1v) is 14.0. The molecule has 0 saturated heterocycles. The number of aromatic amines is 1. The van der Waals surface area contributed by atoms with Crippen molar-refractivity contribution in [2.75, 3.05) is 10.6 Å². The number of halogens is 1. The highest BCUT2D eigenvalue weighted by Gasteiger charge is 2.33. The molecular weight excluding hydrogens is 547 g/mol. The zero-order chi connectivity index (χ0) is 30.4. The van der Waals surface area contributed by atoms with Gasteiger partial charge >= 0.3 is 0 Å². The molecule has 0 saturated carbocycles. The Morgan fingerprint density at radius 1 is 1.05 bits per heavy atom. The number of pyridine rings is 1. The molecule has 218 valence electrons. The van der Waals surface area contributed by atoms with Crippen LogP contribution in [0.4, 0.5) is 15.8 Å². The number of carbonyl (C=O) groups is 3. The second-order valence-electron chi connectivity index (χ2n) is 11.0. The number of imidazole rings is 1. The van der Waals surface area contributed by atoms with E-state index in [9.17, 15) is 18.8 Å². The molecule has 3 amide bonds. The van der Waals surface area contributed by atoms with Crippen LogP contribution < -0.4 is 16.0 Å². The quantitative estimate of drug-likeness (QED) is 0.197. The number of H-pyrrole nitrogens is 1. The van der Waals surface area contributed by atoms with Crippen LogP contribution in [0, 0.1) is 26.6 Å². The number of fused-ring (bicyclic) bond motifs is 2. The normalized spacial score (nSPS) is 14.8. The average molecular weight is 579 g/mol. The molecule has 1 aliphatic rings. The Morgan fingerprint density at radius 2 is 1.81 bits per heavy atom. The Hall–Kier alpha value is -5.25. The summed E-state index contributed by atoms with van der Waals surface area (Å²) in [5.74, 6) is -1.60. The lowest BCUT2D eigenvalue weighted by Gasteiger charge is -2.15. The molecule has 5 aromatic rings. The minimum absolute atomic E-state index is 0.161. The van der Waals surface area contributed by atoms with Crippen molar-refractivity contribution in [2.45, 2.75) is 46.1 Å². The molecule has 0 bridgehead atoms. The van der Waals surface area contributed by atoms with Gasteiger partial charge < -0.3 is 20.9 Å². The van der Waals surface area contributed by atoms with Gasteiger partial charge in [-0.05, 0) is 86.8 Å². The smallest absolute Gasteiger partial charge is 0.274 e. The van der Waals surface area contributed by atoms with Crippen LogP contribution in [-0.2, 0) is 11.2 Å². The van der Waals surface area contributed by atoms with Crippen molar-refractivity contribution in [1.29, 1.82) is 0 Å². The third kappa shape index (κ3) is 5.16. The Kier molecular flexibility index (Phi) is 7.05. The maximum atomic E-state index is 13.4. The van der Waals surface area contributed by atoms with Crippen LogP contribution in [-0.4, -0.2) is 32.1 Å². The maximum absolute atomic E-state index is 13.4. The number of benzene rings is 2. The minimum atomic E-state index is -0.529. The Morgan fingerprint density at radius 3 is 2.58 bits per heavy atom. The van der Waals surface area contributed by atoms with E-state index in [0.29, 0.717) is 40.4 Å². The lowest BCUT2D eigenvalue weighted by molar-refractivity contribution is -0.117. The molecule has 1 aliphatic heterocycles. The van der Waals surface area contributed by atoms with E-state index in [1.165, 1.54) is 12.1 Å². The number of carbonyl (C=O) groups excluding carboxylic acids is 3. The van der Waals surface area contributed by atoms with Crippen LogP contribution in [0.2, 0.25) is 0 Å². The largest absolute Gasteiger partial charge is 0.360 e. The van der Waals surface area contributed by atoms with Gasteiger partial charge in [-0.15, -0.1) is 0 Å². The highest BCUT2D eigenvalue weighted by molar-refractivity contribution is 6.06. The molecule has 6 rings (SSSR count). The Balaban J connectivity index is 1.21. The molecule has 0 radical (unpaired) electrons. The fourth-order valence-corrected chi connectivity index (χ4v) is 5.75. The topological polar surface area (TPSA) is 120 Å². The van der Waals surface area contributed by atoms with Crippen LogP contribution in [0.3, 0.4) is 0 Å². The molecule has 0 fully saturated rings. The van der Waals surface area contributed by atoms with Crippen LogP contribution in [0.1, 0.15) is 73.5 Å². The summed E-state index contributed by atoms with van der Waals surface area (Å²) < 4.78 is 15.1. The van der Waals surface area contributed by atoms with E-state index in [-0.39, 0.29) is 29.6 Å². The lowest BCUT2D eigenvalue weighted by atomic mass is 9.93. The zero-order valence-electron chi connectivity index (χ0n) is 24.2. The highest BCUT2D eigenvalue weighted by atomic mass is 19.1. The van der Waals surface area contributed by atoms with Crippen molar-refractivity contribution < 1.29 is 18.8 Å². The summed E-state index contributed by atoms with van der Waals surface area (Å²) in [5, 5.41) is 8.91. The van der Waals surface area contributed by atoms with Gasteiger partial charge in [-0.3, -0.25) is 18.8 Å². The first kappa shape index (κ1) is 27.9. The van der Waals surface area contributed by atoms with Gasteiger partial charge in [0.2, 0.25) is 5.91 Å². The van der Waals surface area contributed by atoms with Gasteiger partial charge in [0.15, 0.2) is 0 Å². The highest BCUT2D eigenvalue weighted by Crippen LogP contribution is 2.37. The number of hydrogen-bond donors (Lipinski definition) is 4. The molecular formula is C33H31FN6O3. The molecule has 0 aliphatic carbocycles. The summed E-state index contributed by atoms with van der Waals surface area (Å²) in [6, 6.07) is 16.4. The predicted molar refractivity (Wildman–Crippen MR) is 162 cm³/mol. The van der Waals surface area contributed by atoms with Crippen LogP contribution in [0.15, 0.2) is 66.9 Å². The predicted octanol–water partition coefficient (Wildman–Crippen LogP) is 5.75. The molecule has 2 aromatic carbocycles. The van der Waals surface area contributed by atoms with Gasteiger partial charge in [0, 0.05) is 35.3 Å². The van der Waals surface area contributed by atoms with Crippen molar-refractivity contribution in [1.82, 2.24) is 19.7 Å². The van der Waals surface area contributed by atoms with Gasteiger partial charge in [0.25, 0.3) is 11.8 Å². The summed E-state index contributed by atoms with van der Waals surface area (Å²) in [4.78, 5) is 47.4. The number of anilines is 2.